The van der Waals surface area contributed by atoms with Crippen LogP contribution in [-0.4, -0.2) is 20.1 Å². The highest BCUT2D eigenvalue weighted by molar-refractivity contribution is 5.79. The molecule has 0 aromatic carbocycles. The van der Waals surface area contributed by atoms with Crippen LogP contribution in [0, 0.1) is 6.92 Å². The Labute approximate surface area is 96.8 Å². The first-order valence-corrected chi connectivity index (χ1v) is 5.12. The molecule has 2 aromatic heterocycles. The Kier molecular flexibility index (Phi) is 2.68. The molecule has 7 nitrogen and oxygen atoms in total. The van der Waals surface area contributed by atoms with Crippen LogP contribution >= 0.6 is 0 Å². The van der Waals surface area contributed by atoms with Gasteiger partial charge in [-0.15, -0.1) is 0 Å². The number of nitrogens with zero attached hydrogens (tertiary/aromatic N) is 3. The highest BCUT2D eigenvalue weighted by Crippen LogP contribution is 2.05. The average molecular weight is 235 g/mol. The Morgan fingerprint density at radius 3 is 2.88 bits per heavy atom. The van der Waals surface area contributed by atoms with Crippen molar-refractivity contribution in [3.63, 3.8) is 0 Å². The Balaban J connectivity index is 2.60. The maximum absolute atomic E-state index is 12.1. The molecule has 3 N–H and O–H groups in total. The van der Waals surface area contributed by atoms with Gasteiger partial charge in [-0.25, -0.2) is 10.4 Å². The molecule has 2 heterocycles. The second-order valence-corrected chi connectivity index (χ2v) is 3.81. The van der Waals surface area contributed by atoms with Crippen molar-refractivity contribution in [2.75, 3.05) is 0 Å². The Bertz CT molecular complexity index is 627. The van der Waals surface area contributed by atoms with E-state index in [2.05, 4.69) is 5.10 Å². The van der Waals surface area contributed by atoms with E-state index in [-0.39, 0.29) is 5.56 Å². The molecule has 1 atom stereocenters. The predicted octanol–water partition coefficient (Wildman–Crippen LogP) is -0.645. The van der Waals surface area contributed by atoms with E-state index in [0.29, 0.717) is 5.52 Å². The lowest BCUT2D eigenvalue weighted by Crippen LogP contribution is -2.39. The smallest absolute Gasteiger partial charge is 0.277 e. The molecule has 0 radical (unpaired) electrons. The van der Waals surface area contributed by atoms with Gasteiger partial charge >= 0.3 is 0 Å². The molecular formula is C10H13N5O2. The summed E-state index contributed by atoms with van der Waals surface area (Å²) in [7, 11) is 0. The fraction of sp³-hybridized carbons (Fsp3) is 0.300. The lowest BCUT2D eigenvalue weighted by molar-refractivity contribution is -0.124. The Morgan fingerprint density at radius 2 is 2.24 bits per heavy atom. The molecule has 0 fully saturated rings. The molecule has 0 saturated heterocycles. The van der Waals surface area contributed by atoms with E-state index < -0.39 is 11.9 Å². The van der Waals surface area contributed by atoms with Crippen LogP contribution in [0.5, 0.6) is 0 Å². The summed E-state index contributed by atoms with van der Waals surface area (Å²) in [6.07, 6.45) is 3.14. The van der Waals surface area contributed by atoms with Crippen molar-refractivity contribution < 1.29 is 4.79 Å². The maximum atomic E-state index is 12.1. The van der Waals surface area contributed by atoms with Crippen LogP contribution in [0.1, 0.15) is 18.7 Å². The van der Waals surface area contributed by atoms with Crippen LogP contribution in [0.3, 0.4) is 0 Å². The first kappa shape index (κ1) is 11.3. The number of carbonyl (C=O) groups excluding carboxylic acids is 1. The number of nitrogens with one attached hydrogen (secondary N) is 1. The number of fused-ring (bicyclic) bond motifs is 1. The van der Waals surface area contributed by atoms with Crippen LogP contribution in [-0.2, 0) is 4.79 Å². The summed E-state index contributed by atoms with van der Waals surface area (Å²) in [6.45, 7) is 3.40. The molecular weight excluding hydrogens is 222 g/mol. The summed E-state index contributed by atoms with van der Waals surface area (Å²) in [5, 5.41) is 4.12. The monoisotopic (exact) mass is 235 g/mol. The van der Waals surface area contributed by atoms with Gasteiger partial charge in [0.2, 0.25) is 0 Å². The van der Waals surface area contributed by atoms with Crippen molar-refractivity contribution in [2.24, 2.45) is 5.84 Å². The van der Waals surface area contributed by atoms with Gasteiger partial charge < -0.3 is 0 Å². The number of nitrogens with two attached hydrogens (primary N) is 1. The van der Waals surface area contributed by atoms with Gasteiger partial charge in [-0.2, -0.15) is 5.10 Å². The van der Waals surface area contributed by atoms with Gasteiger partial charge in [0.25, 0.3) is 11.5 Å². The van der Waals surface area contributed by atoms with Crippen LogP contribution in [0.2, 0.25) is 0 Å². The molecule has 1 unspecified atom stereocenters. The SMILES string of the molecule is Cc1cc2c(=O)n(C(C)C(=O)NN)ccn2n1. The molecule has 0 saturated carbocycles. The second-order valence-electron chi connectivity index (χ2n) is 3.81. The molecule has 0 aliphatic heterocycles. The summed E-state index contributed by atoms with van der Waals surface area (Å²) < 4.78 is 2.81. The highest BCUT2D eigenvalue weighted by atomic mass is 16.2. The number of hydrogen-bond acceptors (Lipinski definition) is 4. The average Bonchev–Trinajstić information content (AvgIpc) is 2.69. The Hall–Kier alpha value is -2.15. The van der Waals surface area contributed by atoms with Gasteiger partial charge in [0.15, 0.2) is 0 Å². The van der Waals surface area contributed by atoms with Crippen molar-refractivity contribution >= 4 is 11.4 Å². The Morgan fingerprint density at radius 1 is 1.53 bits per heavy atom. The van der Waals surface area contributed by atoms with Gasteiger partial charge in [-0.05, 0) is 19.9 Å². The van der Waals surface area contributed by atoms with Crippen LogP contribution < -0.4 is 16.8 Å². The number of amides is 1. The predicted molar refractivity (Wildman–Crippen MR) is 61.2 cm³/mol. The van der Waals surface area contributed by atoms with Crippen LogP contribution in [0.15, 0.2) is 23.3 Å². The minimum Gasteiger partial charge on any atom is -0.300 e. The standard InChI is InChI=1S/C10H13N5O2/c1-6-5-8-10(17)14(3-4-15(8)13-6)7(2)9(16)12-11/h3-5,7H,11H2,1-2H3,(H,12,16). The van der Waals surface area contributed by atoms with Gasteiger partial charge in [0, 0.05) is 12.4 Å². The molecule has 7 heteroatoms. The number of hydrazine groups is 1. The van der Waals surface area contributed by atoms with Crippen molar-refractivity contribution in [3.8, 4) is 0 Å². The molecule has 0 spiro atoms. The minimum atomic E-state index is -0.660. The van der Waals surface area contributed by atoms with Gasteiger partial charge in [0.1, 0.15) is 11.6 Å². The topological polar surface area (TPSA) is 94.4 Å². The van der Waals surface area contributed by atoms with E-state index >= 15 is 0 Å². The minimum absolute atomic E-state index is 0.274. The third-order valence-corrected chi connectivity index (χ3v) is 2.62. The zero-order valence-corrected chi connectivity index (χ0v) is 9.54. The lowest BCUT2D eigenvalue weighted by atomic mass is 10.3. The summed E-state index contributed by atoms with van der Waals surface area (Å²) >= 11 is 0. The number of aryl methyl sites for hydroxylation is 1. The molecule has 0 aliphatic rings. The first-order valence-electron chi connectivity index (χ1n) is 5.12. The molecule has 17 heavy (non-hydrogen) atoms. The van der Waals surface area contributed by atoms with Gasteiger partial charge in [-0.3, -0.25) is 19.6 Å². The van der Waals surface area contributed by atoms with Crippen LogP contribution in [0.25, 0.3) is 5.52 Å². The van der Waals surface area contributed by atoms with Gasteiger partial charge in [-0.1, -0.05) is 0 Å². The summed E-state index contributed by atoms with van der Waals surface area (Å²) in [6, 6.07) is 1.01. The van der Waals surface area contributed by atoms with E-state index in [1.165, 1.54) is 15.3 Å². The fourth-order valence-corrected chi connectivity index (χ4v) is 1.68. The zero-order chi connectivity index (χ0) is 12.6. The van der Waals surface area contributed by atoms with E-state index in [1.807, 2.05) is 5.43 Å². The van der Waals surface area contributed by atoms with Crippen molar-refractivity contribution in [2.45, 2.75) is 19.9 Å². The third-order valence-electron chi connectivity index (χ3n) is 2.62. The number of rotatable bonds is 2. The second kappa shape index (κ2) is 4.02. The summed E-state index contributed by atoms with van der Waals surface area (Å²) in [5.41, 5.74) is 2.93. The molecule has 2 rings (SSSR count). The van der Waals surface area contributed by atoms with Crippen molar-refractivity contribution in [3.05, 3.63) is 34.5 Å². The van der Waals surface area contributed by atoms with Gasteiger partial charge in [0.05, 0.1) is 5.69 Å². The quantitative estimate of drug-likeness (QED) is 0.411. The fourth-order valence-electron chi connectivity index (χ4n) is 1.68. The van der Waals surface area contributed by atoms with Crippen molar-refractivity contribution in [1.82, 2.24) is 19.6 Å². The van der Waals surface area contributed by atoms with E-state index in [1.54, 1.807) is 26.1 Å². The van der Waals surface area contributed by atoms with Crippen LogP contribution in [0.4, 0.5) is 0 Å². The maximum Gasteiger partial charge on any atom is 0.277 e. The normalized spacial score (nSPS) is 12.6. The highest BCUT2D eigenvalue weighted by Gasteiger charge is 2.16. The van der Waals surface area contributed by atoms with E-state index in [0.717, 1.165) is 5.69 Å². The molecule has 1 amide bonds. The summed E-state index contributed by atoms with van der Waals surface area (Å²) in [4.78, 5) is 23.5. The third kappa shape index (κ3) is 1.80. The number of carbonyl (C=O) groups is 1. The zero-order valence-electron chi connectivity index (χ0n) is 9.54. The molecule has 0 aliphatic carbocycles. The first-order chi connectivity index (χ1) is 8.04. The van der Waals surface area contributed by atoms with E-state index in [4.69, 9.17) is 5.84 Å². The molecule has 2 aromatic rings. The van der Waals surface area contributed by atoms with E-state index in [9.17, 15) is 9.59 Å². The largest absolute Gasteiger partial charge is 0.300 e. The number of hydrogen-bond donors (Lipinski definition) is 2. The summed E-state index contributed by atoms with van der Waals surface area (Å²) in [5.74, 6) is 4.62. The molecule has 90 valence electrons. The lowest BCUT2D eigenvalue weighted by Gasteiger charge is -2.12. The number of aromatic nitrogens is 3. The van der Waals surface area contributed by atoms with Crippen molar-refractivity contribution in [1.29, 1.82) is 0 Å². The molecule has 0 bridgehead atoms.